The first-order valence-electron chi connectivity index (χ1n) is 6.70. The molecular weight excluding hydrogens is 202 g/mol. The van der Waals surface area contributed by atoms with Crippen molar-refractivity contribution in [2.24, 2.45) is 5.92 Å². The number of carbonyl (C=O) groups is 1. The molecular formula is C13H23NO2. The zero-order valence-electron chi connectivity index (χ0n) is 10.3. The summed E-state index contributed by atoms with van der Waals surface area (Å²) in [6, 6.07) is 0.524. The second-order valence-electron chi connectivity index (χ2n) is 4.98. The highest BCUT2D eigenvalue weighted by atomic mass is 16.5. The van der Waals surface area contributed by atoms with E-state index in [-0.39, 0.29) is 12.5 Å². The van der Waals surface area contributed by atoms with E-state index in [0.29, 0.717) is 12.6 Å². The summed E-state index contributed by atoms with van der Waals surface area (Å²) in [6.45, 7) is 3.80. The molecule has 3 heteroatoms. The maximum atomic E-state index is 12.0. The van der Waals surface area contributed by atoms with E-state index in [1.165, 1.54) is 38.5 Å². The fourth-order valence-electron chi connectivity index (χ4n) is 3.21. The summed E-state index contributed by atoms with van der Waals surface area (Å²) in [5.74, 6) is 0.978. The maximum absolute atomic E-state index is 12.0. The van der Waals surface area contributed by atoms with Crippen LogP contribution >= 0.6 is 0 Å². The third kappa shape index (κ3) is 2.57. The molecule has 1 saturated heterocycles. The van der Waals surface area contributed by atoms with Crippen LogP contribution < -0.4 is 0 Å². The van der Waals surface area contributed by atoms with E-state index in [1.807, 2.05) is 6.92 Å². The largest absolute Gasteiger partial charge is 0.372 e. The minimum absolute atomic E-state index is 0.207. The smallest absolute Gasteiger partial charge is 0.248 e. The molecule has 0 spiro atoms. The zero-order valence-corrected chi connectivity index (χ0v) is 10.3. The lowest BCUT2D eigenvalue weighted by Crippen LogP contribution is -2.50. The fraction of sp³-hybridized carbons (Fsp3) is 0.923. The van der Waals surface area contributed by atoms with E-state index >= 15 is 0 Å². The second kappa shape index (κ2) is 5.67. The quantitative estimate of drug-likeness (QED) is 0.737. The van der Waals surface area contributed by atoms with Crippen molar-refractivity contribution in [2.45, 2.75) is 51.5 Å². The predicted molar refractivity (Wildman–Crippen MR) is 63.2 cm³/mol. The molecule has 1 aliphatic carbocycles. The standard InChI is InChI=1S/C13H23NO2/c1-2-16-10-13(15)14-9-5-7-11-6-3-4-8-12(11)14/h11-12H,2-10H2,1H3/t11-,12-/m1/s1. The summed E-state index contributed by atoms with van der Waals surface area (Å²) >= 11 is 0. The molecule has 0 aromatic heterocycles. The molecule has 2 rings (SSSR count). The van der Waals surface area contributed by atoms with Gasteiger partial charge in [-0.1, -0.05) is 12.8 Å². The topological polar surface area (TPSA) is 29.5 Å². The van der Waals surface area contributed by atoms with E-state index in [0.717, 1.165) is 12.5 Å². The fourth-order valence-corrected chi connectivity index (χ4v) is 3.21. The highest BCUT2D eigenvalue weighted by Crippen LogP contribution is 2.35. The number of piperidine rings is 1. The first-order valence-corrected chi connectivity index (χ1v) is 6.70. The van der Waals surface area contributed by atoms with Gasteiger partial charge in [0.2, 0.25) is 5.91 Å². The molecule has 92 valence electrons. The number of ether oxygens (including phenoxy) is 1. The lowest BCUT2D eigenvalue weighted by atomic mass is 9.78. The molecule has 0 aromatic carbocycles. The third-order valence-corrected chi connectivity index (χ3v) is 3.99. The Morgan fingerprint density at radius 3 is 2.81 bits per heavy atom. The Balaban J connectivity index is 1.93. The Hall–Kier alpha value is -0.570. The average molecular weight is 225 g/mol. The van der Waals surface area contributed by atoms with E-state index in [4.69, 9.17) is 4.74 Å². The van der Waals surface area contributed by atoms with Crippen LogP contribution in [0, 0.1) is 5.92 Å². The van der Waals surface area contributed by atoms with E-state index in [9.17, 15) is 4.79 Å². The molecule has 2 fully saturated rings. The van der Waals surface area contributed by atoms with Crippen LogP contribution in [0.1, 0.15) is 45.4 Å². The van der Waals surface area contributed by atoms with Gasteiger partial charge in [0.15, 0.2) is 0 Å². The summed E-state index contributed by atoms with van der Waals surface area (Å²) in [5, 5.41) is 0. The first kappa shape index (κ1) is 11.9. The van der Waals surface area contributed by atoms with E-state index in [2.05, 4.69) is 4.90 Å². The molecule has 1 aliphatic heterocycles. The van der Waals surface area contributed by atoms with Crippen molar-refractivity contribution in [3.63, 3.8) is 0 Å². The second-order valence-corrected chi connectivity index (χ2v) is 4.98. The monoisotopic (exact) mass is 225 g/mol. The molecule has 1 amide bonds. The van der Waals surface area contributed by atoms with Crippen LogP contribution in [0.2, 0.25) is 0 Å². The summed E-state index contributed by atoms with van der Waals surface area (Å²) in [5.41, 5.74) is 0. The number of nitrogens with zero attached hydrogens (tertiary/aromatic N) is 1. The molecule has 2 atom stereocenters. The summed E-state index contributed by atoms with van der Waals surface area (Å²) < 4.78 is 5.24. The minimum atomic E-state index is 0.207. The highest BCUT2D eigenvalue weighted by molar-refractivity contribution is 5.78. The van der Waals surface area contributed by atoms with E-state index in [1.54, 1.807) is 0 Å². The number of carbonyl (C=O) groups excluding carboxylic acids is 1. The SMILES string of the molecule is CCOCC(=O)N1CCC[C@H]2CCCC[C@H]21. The predicted octanol–water partition coefficient (Wildman–Crippen LogP) is 2.20. The van der Waals surface area contributed by atoms with Crippen molar-refractivity contribution < 1.29 is 9.53 Å². The van der Waals surface area contributed by atoms with Crippen LogP contribution in [0.4, 0.5) is 0 Å². The van der Waals surface area contributed by atoms with Crippen LogP contribution in [-0.2, 0) is 9.53 Å². The van der Waals surface area contributed by atoms with Crippen molar-refractivity contribution in [2.75, 3.05) is 19.8 Å². The van der Waals surface area contributed by atoms with Crippen LogP contribution in [0.25, 0.3) is 0 Å². The Morgan fingerprint density at radius 1 is 1.25 bits per heavy atom. The number of rotatable bonds is 3. The summed E-state index contributed by atoms with van der Waals surface area (Å²) in [7, 11) is 0. The van der Waals surface area contributed by atoms with Gasteiger partial charge in [0.1, 0.15) is 6.61 Å². The van der Waals surface area contributed by atoms with Crippen molar-refractivity contribution in [1.29, 1.82) is 0 Å². The number of hydrogen-bond donors (Lipinski definition) is 0. The van der Waals surface area contributed by atoms with Gasteiger partial charge in [-0.15, -0.1) is 0 Å². The maximum Gasteiger partial charge on any atom is 0.248 e. The van der Waals surface area contributed by atoms with Crippen LogP contribution in [0.15, 0.2) is 0 Å². The first-order chi connectivity index (χ1) is 7.83. The highest BCUT2D eigenvalue weighted by Gasteiger charge is 2.35. The molecule has 0 bridgehead atoms. The zero-order chi connectivity index (χ0) is 11.4. The van der Waals surface area contributed by atoms with Crippen LogP contribution in [0.3, 0.4) is 0 Å². The van der Waals surface area contributed by atoms with Gasteiger partial charge in [-0.3, -0.25) is 4.79 Å². The van der Waals surface area contributed by atoms with Crippen LogP contribution in [-0.4, -0.2) is 36.6 Å². The van der Waals surface area contributed by atoms with Crippen LogP contribution in [0.5, 0.6) is 0 Å². The lowest BCUT2D eigenvalue weighted by Gasteiger charge is -2.44. The molecule has 0 N–H and O–H groups in total. The molecule has 0 aromatic rings. The number of fused-ring (bicyclic) bond motifs is 1. The molecule has 0 radical (unpaired) electrons. The molecule has 3 nitrogen and oxygen atoms in total. The molecule has 0 unspecified atom stereocenters. The third-order valence-electron chi connectivity index (χ3n) is 3.99. The molecule has 1 heterocycles. The van der Waals surface area contributed by atoms with Gasteiger partial charge in [-0.25, -0.2) is 0 Å². The Kier molecular flexibility index (Phi) is 4.22. The van der Waals surface area contributed by atoms with Gasteiger partial charge in [-0.2, -0.15) is 0 Å². The van der Waals surface area contributed by atoms with Gasteiger partial charge < -0.3 is 9.64 Å². The molecule has 16 heavy (non-hydrogen) atoms. The van der Waals surface area contributed by atoms with Gasteiger partial charge in [0.05, 0.1) is 0 Å². The van der Waals surface area contributed by atoms with Crippen molar-refractivity contribution in [1.82, 2.24) is 4.90 Å². The van der Waals surface area contributed by atoms with Gasteiger partial charge in [-0.05, 0) is 38.5 Å². The molecule has 1 saturated carbocycles. The Morgan fingerprint density at radius 2 is 2.00 bits per heavy atom. The lowest BCUT2D eigenvalue weighted by molar-refractivity contribution is -0.142. The normalized spacial score (nSPS) is 29.9. The minimum Gasteiger partial charge on any atom is -0.372 e. The Labute approximate surface area is 98.1 Å². The van der Waals surface area contributed by atoms with Crippen molar-refractivity contribution in [3.8, 4) is 0 Å². The Bertz CT molecular complexity index is 240. The molecule has 2 aliphatic rings. The van der Waals surface area contributed by atoms with E-state index < -0.39 is 0 Å². The van der Waals surface area contributed by atoms with Gasteiger partial charge in [0.25, 0.3) is 0 Å². The number of likely N-dealkylation sites (tertiary alicyclic amines) is 1. The van der Waals surface area contributed by atoms with Gasteiger partial charge in [0, 0.05) is 19.2 Å². The number of hydrogen-bond acceptors (Lipinski definition) is 2. The van der Waals surface area contributed by atoms with Crippen molar-refractivity contribution in [3.05, 3.63) is 0 Å². The van der Waals surface area contributed by atoms with Gasteiger partial charge >= 0.3 is 0 Å². The number of amides is 1. The summed E-state index contributed by atoms with van der Waals surface area (Å²) in [4.78, 5) is 14.1. The average Bonchev–Trinajstić information content (AvgIpc) is 2.35. The van der Waals surface area contributed by atoms with Crippen molar-refractivity contribution >= 4 is 5.91 Å². The summed E-state index contributed by atoms with van der Waals surface area (Å²) in [6.07, 6.45) is 7.68.